The van der Waals surface area contributed by atoms with Crippen LogP contribution in [0.1, 0.15) is 5.56 Å². The highest BCUT2D eigenvalue weighted by molar-refractivity contribution is 7.13. The fraction of sp³-hybridized carbons (Fsp3) is 0.333. The van der Waals surface area contributed by atoms with E-state index < -0.39 is 0 Å². The van der Waals surface area contributed by atoms with Crippen molar-refractivity contribution in [3.05, 3.63) is 47.2 Å². The Kier molecular flexibility index (Phi) is 4.53. The highest BCUT2D eigenvalue weighted by atomic mass is 32.1. The molecule has 7 heteroatoms. The Hall–Kier alpha value is -2.15. The lowest BCUT2D eigenvalue weighted by atomic mass is 10.2. The van der Waals surface area contributed by atoms with Gasteiger partial charge in [0.1, 0.15) is 5.82 Å². The van der Waals surface area contributed by atoms with Gasteiger partial charge in [-0.25, -0.2) is 14.2 Å². The lowest BCUT2D eigenvalue weighted by Gasteiger charge is -2.34. The van der Waals surface area contributed by atoms with E-state index in [1.54, 1.807) is 34.6 Å². The first kappa shape index (κ1) is 14.8. The van der Waals surface area contributed by atoms with Gasteiger partial charge < -0.3 is 15.1 Å². The van der Waals surface area contributed by atoms with E-state index >= 15 is 0 Å². The summed E-state index contributed by atoms with van der Waals surface area (Å²) in [6.07, 6.45) is 1.79. The molecule has 22 heavy (non-hydrogen) atoms. The van der Waals surface area contributed by atoms with Gasteiger partial charge in [0, 0.05) is 44.3 Å². The van der Waals surface area contributed by atoms with E-state index in [0.717, 1.165) is 23.8 Å². The summed E-state index contributed by atoms with van der Waals surface area (Å²) in [6, 6.07) is 6.07. The van der Waals surface area contributed by atoms with Gasteiger partial charge in [-0.2, -0.15) is 0 Å². The summed E-state index contributed by atoms with van der Waals surface area (Å²) in [6.45, 7) is 3.34. The van der Waals surface area contributed by atoms with Crippen molar-refractivity contribution in [3.8, 4) is 0 Å². The van der Waals surface area contributed by atoms with Crippen LogP contribution in [0.15, 0.2) is 35.8 Å². The molecule has 2 aromatic rings. The maximum atomic E-state index is 12.8. The highest BCUT2D eigenvalue weighted by Gasteiger charge is 2.21. The predicted molar refractivity (Wildman–Crippen MR) is 84.5 cm³/mol. The number of benzene rings is 1. The number of urea groups is 1. The van der Waals surface area contributed by atoms with Crippen LogP contribution in [0.2, 0.25) is 0 Å². The standard InChI is InChI=1S/C15H17FN4OS/c16-13-3-1-12(2-4-13)11-18-14(21)19-6-8-20(9-7-19)15-17-5-10-22-15/h1-5,10H,6-9,11H2,(H,18,21). The molecular formula is C15H17FN4OS. The number of hydrogen-bond acceptors (Lipinski definition) is 4. The molecule has 2 heterocycles. The SMILES string of the molecule is O=C(NCc1ccc(F)cc1)N1CCN(c2nccs2)CC1. The summed E-state index contributed by atoms with van der Waals surface area (Å²) in [5, 5.41) is 5.83. The number of anilines is 1. The summed E-state index contributed by atoms with van der Waals surface area (Å²) < 4.78 is 12.8. The van der Waals surface area contributed by atoms with Gasteiger partial charge in [0.25, 0.3) is 0 Å². The molecule has 0 aliphatic carbocycles. The fourth-order valence-electron chi connectivity index (χ4n) is 2.36. The zero-order valence-corrected chi connectivity index (χ0v) is 12.9. The van der Waals surface area contributed by atoms with Crippen molar-refractivity contribution in [2.75, 3.05) is 31.1 Å². The molecule has 1 aliphatic heterocycles. The Bertz CT molecular complexity index is 609. The van der Waals surface area contributed by atoms with Gasteiger partial charge >= 0.3 is 6.03 Å². The Morgan fingerprint density at radius 3 is 2.59 bits per heavy atom. The number of nitrogens with one attached hydrogen (secondary N) is 1. The Balaban J connectivity index is 1.46. The quantitative estimate of drug-likeness (QED) is 0.944. The molecule has 116 valence electrons. The molecule has 3 rings (SSSR count). The third-order valence-corrected chi connectivity index (χ3v) is 4.45. The number of halogens is 1. The van der Waals surface area contributed by atoms with Crippen LogP contribution in [0, 0.1) is 5.82 Å². The van der Waals surface area contributed by atoms with E-state index in [1.165, 1.54) is 12.1 Å². The Labute approximate surface area is 132 Å². The van der Waals surface area contributed by atoms with Crippen LogP contribution in [-0.2, 0) is 6.54 Å². The number of rotatable bonds is 3. The van der Waals surface area contributed by atoms with Gasteiger partial charge in [-0.15, -0.1) is 11.3 Å². The van der Waals surface area contributed by atoms with Gasteiger partial charge in [0.05, 0.1) is 0 Å². The maximum Gasteiger partial charge on any atom is 0.317 e. The maximum absolute atomic E-state index is 12.8. The molecule has 1 N–H and O–H groups in total. The molecule has 5 nitrogen and oxygen atoms in total. The monoisotopic (exact) mass is 320 g/mol. The zero-order valence-electron chi connectivity index (χ0n) is 12.0. The van der Waals surface area contributed by atoms with Gasteiger partial charge in [-0.05, 0) is 17.7 Å². The summed E-state index contributed by atoms with van der Waals surface area (Å²) in [5.41, 5.74) is 0.885. The molecule has 0 atom stereocenters. The third-order valence-electron chi connectivity index (χ3n) is 3.61. The van der Waals surface area contributed by atoms with E-state index in [1.807, 2.05) is 5.38 Å². The number of nitrogens with zero attached hydrogens (tertiary/aromatic N) is 3. The lowest BCUT2D eigenvalue weighted by molar-refractivity contribution is 0.194. The predicted octanol–water partition coefficient (Wildman–Crippen LogP) is 2.31. The van der Waals surface area contributed by atoms with E-state index in [9.17, 15) is 9.18 Å². The van der Waals surface area contributed by atoms with Crippen LogP contribution >= 0.6 is 11.3 Å². The average molecular weight is 320 g/mol. The zero-order chi connectivity index (χ0) is 15.4. The smallest absolute Gasteiger partial charge is 0.317 e. The molecule has 0 bridgehead atoms. The second-order valence-electron chi connectivity index (χ2n) is 5.07. The van der Waals surface area contributed by atoms with Crippen molar-refractivity contribution >= 4 is 22.5 Å². The van der Waals surface area contributed by atoms with Crippen LogP contribution < -0.4 is 10.2 Å². The number of amides is 2. The van der Waals surface area contributed by atoms with Crippen molar-refractivity contribution in [1.82, 2.24) is 15.2 Å². The summed E-state index contributed by atoms with van der Waals surface area (Å²) in [7, 11) is 0. The lowest BCUT2D eigenvalue weighted by Crippen LogP contribution is -2.51. The molecule has 1 aromatic heterocycles. The first-order valence-corrected chi connectivity index (χ1v) is 8.02. The van der Waals surface area contributed by atoms with Crippen LogP contribution in [-0.4, -0.2) is 42.1 Å². The average Bonchev–Trinajstić information content (AvgIpc) is 3.09. The topological polar surface area (TPSA) is 48.5 Å². The number of carbonyl (C=O) groups is 1. The van der Waals surface area contributed by atoms with Crippen molar-refractivity contribution < 1.29 is 9.18 Å². The molecule has 0 spiro atoms. The summed E-state index contributed by atoms with van der Waals surface area (Å²) in [4.78, 5) is 20.4. The largest absolute Gasteiger partial charge is 0.345 e. The molecule has 0 saturated carbocycles. The van der Waals surface area contributed by atoms with Crippen LogP contribution in [0.5, 0.6) is 0 Å². The van der Waals surface area contributed by atoms with Gasteiger partial charge in [0.2, 0.25) is 0 Å². The normalized spacial score (nSPS) is 15.0. The molecule has 0 radical (unpaired) electrons. The molecule has 0 unspecified atom stereocenters. The van der Waals surface area contributed by atoms with Gasteiger partial charge in [0.15, 0.2) is 5.13 Å². The highest BCUT2D eigenvalue weighted by Crippen LogP contribution is 2.18. The van der Waals surface area contributed by atoms with Crippen LogP contribution in [0.25, 0.3) is 0 Å². The van der Waals surface area contributed by atoms with Crippen LogP contribution in [0.4, 0.5) is 14.3 Å². The van der Waals surface area contributed by atoms with Crippen molar-refractivity contribution in [3.63, 3.8) is 0 Å². The Morgan fingerprint density at radius 1 is 1.23 bits per heavy atom. The van der Waals surface area contributed by atoms with Gasteiger partial charge in [-0.3, -0.25) is 0 Å². The molecule has 2 amide bonds. The number of hydrogen-bond donors (Lipinski definition) is 1. The fourth-order valence-corrected chi connectivity index (χ4v) is 3.06. The molecule has 1 aliphatic rings. The second-order valence-corrected chi connectivity index (χ2v) is 5.95. The molecule has 1 aromatic carbocycles. The van der Waals surface area contributed by atoms with E-state index in [0.29, 0.717) is 19.6 Å². The third kappa shape index (κ3) is 3.54. The number of thiazole rings is 1. The summed E-state index contributed by atoms with van der Waals surface area (Å²) >= 11 is 1.61. The molecular weight excluding hydrogens is 303 g/mol. The van der Waals surface area contributed by atoms with Crippen molar-refractivity contribution in [2.45, 2.75) is 6.54 Å². The first-order chi connectivity index (χ1) is 10.7. The van der Waals surface area contributed by atoms with Crippen molar-refractivity contribution in [2.24, 2.45) is 0 Å². The van der Waals surface area contributed by atoms with E-state index in [-0.39, 0.29) is 11.8 Å². The van der Waals surface area contributed by atoms with E-state index in [2.05, 4.69) is 15.2 Å². The molecule has 1 fully saturated rings. The molecule has 1 saturated heterocycles. The minimum absolute atomic E-state index is 0.0805. The number of piperazine rings is 1. The Morgan fingerprint density at radius 2 is 1.95 bits per heavy atom. The van der Waals surface area contributed by atoms with Crippen molar-refractivity contribution in [1.29, 1.82) is 0 Å². The number of aromatic nitrogens is 1. The summed E-state index contributed by atoms with van der Waals surface area (Å²) in [5.74, 6) is -0.270. The minimum Gasteiger partial charge on any atom is -0.345 e. The van der Waals surface area contributed by atoms with Crippen LogP contribution in [0.3, 0.4) is 0 Å². The van der Waals surface area contributed by atoms with E-state index in [4.69, 9.17) is 0 Å². The second kappa shape index (κ2) is 6.74. The number of carbonyl (C=O) groups excluding carboxylic acids is 1. The first-order valence-electron chi connectivity index (χ1n) is 7.14. The van der Waals surface area contributed by atoms with Gasteiger partial charge in [-0.1, -0.05) is 12.1 Å². The minimum atomic E-state index is -0.270.